The molecule has 2 heteroatoms. The Balaban J connectivity index is 1.95. The lowest BCUT2D eigenvalue weighted by Crippen LogP contribution is -2.67. The Hall–Kier alpha value is -0.0800. The van der Waals surface area contributed by atoms with E-state index in [1.54, 1.807) is 0 Å². The highest BCUT2D eigenvalue weighted by Crippen LogP contribution is 2.46. The summed E-state index contributed by atoms with van der Waals surface area (Å²) >= 11 is 0. The quantitative estimate of drug-likeness (QED) is 0.815. The first-order valence-electron chi connectivity index (χ1n) is 7.65. The van der Waals surface area contributed by atoms with Crippen LogP contribution in [0.5, 0.6) is 0 Å². The first-order valence-corrected chi connectivity index (χ1v) is 7.65. The molecule has 1 aliphatic heterocycles. The van der Waals surface area contributed by atoms with Gasteiger partial charge in [0, 0.05) is 25.2 Å². The molecule has 2 N–H and O–H groups in total. The average Bonchev–Trinajstić information content (AvgIpc) is 2.57. The molecule has 2 fully saturated rings. The van der Waals surface area contributed by atoms with Crippen molar-refractivity contribution in [1.82, 2.24) is 4.90 Å². The molecule has 0 amide bonds. The van der Waals surface area contributed by atoms with Crippen LogP contribution in [0.25, 0.3) is 0 Å². The van der Waals surface area contributed by atoms with Crippen molar-refractivity contribution in [2.45, 2.75) is 70.8 Å². The molecule has 0 aromatic heterocycles. The van der Waals surface area contributed by atoms with Gasteiger partial charge in [0.15, 0.2) is 0 Å². The number of nitrogens with zero attached hydrogens (tertiary/aromatic N) is 1. The normalized spacial score (nSPS) is 25.6. The standard InChI is InChI=1S/C15H30N2/c1-3-15(4-2,11-16)17-12-14(13-17)9-7-5-6-8-10-14/h3-13,16H2,1-2H3. The van der Waals surface area contributed by atoms with Gasteiger partial charge in [0.25, 0.3) is 0 Å². The number of nitrogens with two attached hydrogens (primary N) is 1. The van der Waals surface area contributed by atoms with Gasteiger partial charge in [-0.1, -0.05) is 39.5 Å². The van der Waals surface area contributed by atoms with Crippen molar-refractivity contribution in [3.05, 3.63) is 0 Å². The van der Waals surface area contributed by atoms with Gasteiger partial charge in [0.2, 0.25) is 0 Å². The van der Waals surface area contributed by atoms with Crippen LogP contribution in [0, 0.1) is 5.41 Å². The van der Waals surface area contributed by atoms with Crippen LogP contribution >= 0.6 is 0 Å². The molecule has 2 aliphatic rings. The van der Waals surface area contributed by atoms with E-state index in [4.69, 9.17) is 5.73 Å². The summed E-state index contributed by atoms with van der Waals surface area (Å²) in [5.74, 6) is 0. The van der Waals surface area contributed by atoms with Gasteiger partial charge in [-0.25, -0.2) is 0 Å². The molecule has 0 atom stereocenters. The molecule has 1 aliphatic carbocycles. The third-order valence-corrected chi connectivity index (χ3v) is 5.58. The van der Waals surface area contributed by atoms with Gasteiger partial charge < -0.3 is 5.73 Å². The van der Waals surface area contributed by atoms with Crippen molar-refractivity contribution < 1.29 is 0 Å². The van der Waals surface area contributed by atoms with E-state index in [1.807, 2.05) is 0 Å². The molecule has 1 heterocycles. The van der Waals surface area contributed by atoms with Crippen LogP contribution in [0.3, 0.4) is 0 Å². The van der Waals surface area contributed by atoms with E-state index in [-0.39, 0.29) is 0 Å². The maximum atomic E-state index is 6.05. The molecular weight excluding hydrogens is 208 g/mol. The molecule has 17 heavy (non-hydrogen) atoms. The molecule has 1 saturated heterocycles. The Morgan fingerprint density at radius 1 is 1.00 bits per heavy atom. The molecule has 0 bridgehead atoms. The first-order chi connectivity index (χ1) is 8.20. The Kier molecular flexibility index (Phi) is 4.14. The third kappa shape index (κ3) is 2.39. The number of hydrogen-bond donors (Lipinski definition) is 1. The minimum absolute atomic E-state index is 0.303. The predicted molar refractivity (Wildman–Crippen MR) is 74.1 cm³/mol. The summed E-state index contributed by atoms with van der Waals surface area (Å²) in [5.41, 5.74) is 7.03. The van der Waals surface area contributed by atoms with Gasteiger partial charge in [-0.05, 0) is 31.1 Å². The maximum absolute atomic E-state index is 6.05. The van der Waals surface area contributed by atoms with E-state index in [1.165, 1.54) is 64.5 Å². The second-order valence-corrected chi connectivity index (χ2v) is 6.41. The van der Waals surface area contributed by atoms with Crippen molar-refractivity contribution in [3.63, 3.8) is 0 Å². The van der Waals surface area contributed by atoms with Crippen LogP contribution in [-0.2, 0) is 0 Å². The molecular formula is C15H30N2. The maximum Gasteiger partial charge on any atom is 0.0327 e. The molecule has 1 saturated carbocycles. The predicted octanol–water partition coefficient (Wildman–Crippen LogP) is 3.16. The van der Waals surface area contributed by atoms with Crippen LogP contribution in [0.1, 0.15) is 65.2 Å². The second-order valence-electron chi connectivity index (χ2n) is 6.41. The minimum Gasteiger partial charge on any atom is -0.329 e. The van der Waals surface area contributed by atoms with Gasteiger partial charge in [-0.15, -0.1) is 0 Å². The summed E-state index contributed by atoms with van der Waals surface area (Å²) in [5, 5.41) is 0. The topological polar surface area (TPSA) is 29.3 Å². The Morgan fingerprint density at radius 2 is 1.53 bits per heavy atom. The van der Waals surface area contributed by atoms with Crippen molar-refractivity contribution >= 4 is 0 Å². The van der Waals surface area contributed by atoms with Crippen molar-refractivity contribution in [3.8, 4) is 0 Å². The molecule has 2 nitrogen and oxygen atoms in total. The first kappa shape index (κ1) is 13.4. The summed E-state index contributed by atoms with van der Waals surface area (Å²) in [6, 6.07) is 0. The summed E-state index contributed by atoms with van der Waals surface area (Å²) in [4.78, 5) is 2.69. The molecule has 0 aromatic rings. The highest BCUT2D eigenvalue weighted by molar-refractivity contribution is 5.03. The van der Waals surface area contributed by atoms with E-state index < -0.39 is 0 Å². The zero-order valence-electron chi connectivity index (χ0n) is 11.8. The van der Waals surface area contributed by atoms with Gasteiger partial charge in [0.1, 0.15) is 0 Å². The number of hydrogen-bond acceptors (Lipinski definition) is 2. The highest BCUT2D eigenvalue weighted by atomic mass is 15.3. The monoisotopic (exact) mass is 238 g/mol. The smallest absolute Gasteiger partial charge is 0.0327 e. The molecule has 0 radical (unpaired) electrons. The summed E-state index contributed by atoms with van der Waals surface area (Å²) < 4.78 is 0. The summed E-state index contributed by atoms with van der Waals surface area (Å²) in [7, 11) is 0. The molecule has 2 rings (SSSR count). The Labute approximate surface area is 107 Å². The van der Waals surface area contributed by atoms with Crippen LogP contribution in [-0.4, -0.2) is 30.1 Å². The van der Waals surface area contributed by atoms with Crippen LogP contribution < -0.4 is 5.73 Å². The molecule has 0 aromatic carbocycles. The van der Waals surface area contributed by atoms with E-state index in [0.717, 1.165) is 6.54 Å². The fourth-order valence-corrected chi connectivity index (χ4v) is 4.01. The lowest BCUT2D eigenvalue weighted by atomic mass is 9.70. The Bertz CT molecular complexity index is 221. The minimum atomic E-state index is 0.303. The fraction of sp³-hybridized carbons (Fsp3) is 1.00. The number of rotatable bonds is 4. The average molecular weight is 238 g/mol. The SMILES string of the molecule is CCC(CC)(CN)N1CC2(CCCCCC2)C1. The summed E-state index contributed by atoms with van der Waals surface area (Å²) in [6.07, 6.45) is 11.2. The van der Waals surface area contributed by atoms with Gasteiger partial charge in [0.05, 0.1) is 0 Å². The summed E-state index contributed by atoms with van der Waals surface area (Å²) in [6.45, 7) is 8.08. The second kappa shape index (κ2) is 5.27. The van der Waals surface area contributed by atoms with E-state index >= 15 is 0 Å². The van der Waals surface area contributed by atoms with Crippen molar-refractivity contribution in [2.75, 3.05) is 19.6 Å². The third-order valence-electron chi connectivity index (χ3n) is 5.58. The van der Waals surface area contributed by atoms with Crippen molar-refractivity contribution in [1.29, 1.82) is 0 Å². The van der Waals surface area contributed by atoms with Crippen molar-refractivity contribution in [2.24, 2.45) is 11.1 Å². The van der Waals surface area contributed by atoms with E-state index in [9.17, 15) is 0 Å². The van der Waals surface area contributed by atoms with Gasteiger partial charge in [-0.2, -0.15) is 0 Å². The lowest BCUT2D eigenvalue weighted by Gasteiger charge is -2.58. The molecule has 1 spiro atoms. The number of likely N-dealkylation sites (tertiary alicyclic amines) is 1. The molecule has 100 valence electrons. The van der Waals surface area contributed by atoms with Gasteiger partial charge in [-0.3, -0.25) is 4.90 Å². The Morgan fingerprint density at radius 3 is 1.94 bits per heavy atom. The lowest BCUT2D eigenvalue weighted by molar-refractivity contribution is -0.0868. The van der Waals surface area contributed by atoms with Crippen LogP contribution in [0.4, 0.5) is 0 Å². The van der Waals surface area contributed by atoms with E-state index in [0.29, 0.717) is 11.0 Å². The largest absolute Gasteiger partial charge is 0.329 e. The fourth-order valence-electron chi connectivity index (χ4n) is 4.01. The van der Waals surface area contributed by atoms with E-state index in [2.05, 4.69) is 18.7 Å². The van der Waals surface area contributed by atoms with Crippen LogP contribution in [0.2, 0.25) is 0 Å². The van der Waals surface area contributed by atoms with Gasteiger partial charge >= 0.3 is 0 Å². The molecule has 0 unspecified atom stereocenters. The zero-order valence-corrected chi connectivity index (χ0v) is 11.8. The van der Waals surface area contributed by atoms with Crippen LogP contribution in [0.15, 0.2) is 0 Å². The zero-order chi connectivity index (χ0) is 12.4. The highest BCUT2D eigenvalue weighted by Gasteiger charge is 2.48.